The Hall–Kier alpha value is -1.82. The lowest BCUT2D eigenvalue weighted by molar-refractivity contribution is -0.444. The van der Waals surface area contributed by atoms with Gasteiger partial charge in [0.25, 0.3) is 6.04 Å². The van der Waals surface area contributed by atoms with Gasteiger partial charge in [-0.3, -0.25) is 0 Å². The average molecular weight is 393 g/mol. The molecule has 3 atom stereocenters. The van der Waals surface area contributed by atoms with Crippen LogP contribution in [0.1, 0.15) is 29.7 Å². The van der Waals surface area contributed by atoms with E-state index in [2.05, 4.69) is 39.3 Å². The summed E-state index contributed by atoms with van der Waals surface area (Å²) >= 11 is 1.77. The van der Waals surface area contributed by atoms with E-state index in [-0.39, 0.29) is 6.61 Å². The Morgan fingerprint density at radius 2 is 2.07 bits per heavy atom. The van der Waals surface area contributed by atoms with Crippen LogP contribution in [0.3, 0.4) is 0 Å². The number of azo groups is 2. The van der Waals surface area contributed by atoms with Gasteiger partial charge in [-0.1, -0.05) is 22.9 Å². The molecule has 7 rings (SSSR count). The zero-order valence-electron chi connectivity index (χ0n) is 16.0. The first-order chi connectivity index (χ1) is 13.8. The van der Waals surface area contributed by atoms with Gasteiger partial charge in [0.15, 0.2) is 0 Å². The van der Waals surface area contributed by atoms with E-state index in [1.807, 2.05) is 12.1 Å². The van der Waals surface area contributed by atoms with E-state index in [4.69, 9.17) is 5.11 Å². The summed E-state index contributed by atoms with van der Waals surface area (Å²) in [5.74, 6) is 1.85. The fourth-order valence-electron chi connectivity index (χ4n) is 5.45. The molecule has 0 spiro atoms. The molecule has 4 nitrogen and oxygen atoms in total. The van der Waals surface area contributed by atoms with Gasteiger partial charge in [0.1, 0.15) is 5.70 Å². The minimum atomic E-state index is 0.0863. The van der Waals surface area contributed by atoms with Crippen LogP contribution in [0.5, 0.6) is 0 Å². The monoisotopic (exact) mass is 392 g/mol. The number of rotatable bonds is 5. The van der Waals surface area contributed by atoms with Crippen LogP contribution in [0.2, 0.25) is 0 Å². The summed E-state index contributed by atoms with van der Waals surface area (Å²) in [7, 11) is 0. The molecule has 5 aliphatic rings. The Labute approximate surface area is 169 Å². The molecule has 5 aliphatic heterocycles. The first-order valence-electron chi connectivity index (χ1n) is 10.5. The van der Waals surface area contributed by atoms with Crippen LogP contribution < -0.4 is 0 Å². The number of nitrogens with zero attached hydrogens (tertiary/aromatic N) is 3. The Balaban J connectivity index is 1.14. The van der Waals surface area contributed by atoms with Crippen molar-refractivity contribution in [3.8, 4) is 11.1 Å². The summed E-state index contributed by atoms with van der Waals surface area (Å²) in [6.07, 6.45) is 6.53. The van der Waals surface area contributed by atoms with Crippen molar-refractivity contribution >= 4 is 17.0 Å². The van der Waals surface area contributed by atoms with Crippen LogP contribution in [0, 0.1) is 11.8 Å². The molecule has 5 heteroatoms. The van der Waals surface area contributed by atoms with Crippen LogP contribution in [0.15, 0.2) is 46.9 Å². The maximum Gasteiger partial charge on any atom is 0.262 e. The van der Waals surface area contributed by atoms with E-state index in [0.717, 1.165) is 23.1 Å². The lowest BCUT2D eigenvalue weighted by Gasteiger charge is -2.44. The van der Waals surface area contributed by atoms with Gasteiger partial charge in [-0.05, 0) is 77.1 Å². The van der Waals surface area contributed by atoms with Gasteiger partial charge in [-0.15, -0.1) is 11.3 Å². The first-order valence-corrected chi connectivity index (χ1v) is 11.4. The van der Waals surface area contributed by atoms with E-state index in [1.54, 1.807) is 11.3 Å². The molecule has 2 bridgehead atoms. The molecule has 0 saturated carbocycles. The molecule has 6 heterocycles. The van der Waals surface area contributed by atoms with Crippen molar-refractivity contribution < 1.29 is 9.80 Å². The second-order valence-electron chi connectivity index (χ2n) is 8.78. The van der Waals surface area contributed by atoms with Crippen molar-refractivity contribution in [3.05, 3.63) is 52.2 Å². The highest BCUT2D eigenvalue weighted by Crippen LogP contribution is 2.44. The van der Waals surface area contributed by atoms with Gasteiger partial charge in [-0.25, -0.2) is 0 Å². The smallest absolute Gasteiger partial charge is 0.262 e. The van der Waals surface area contributed by atoms with Crippen molar-refractivity contribution in [2.45, 2.75) is 38.0 Å². The maximum absolute atomic E-state index is 9.37. The highest BCUT2D eigenvalue weighted by Gasteiger charge is 2.61. The van der Waals surface area contributed by atoms with Crippen LogP contribution >= 0.6 is 11.3 Å². The summed E-state index contributed by atoms with van der Waals surface area (Å²) in [6, 6.07) is 11.6. The van der Waals surface area contributed by atoms with Crippen molar-refractivity contribution in [2.75, 3.05) is 19.6 Å². The van der Waals surface area contributed by atoms with E-state index >= 15 is 0 Å². The van der Waals surface area contributed by atoms with Crippen LogP contribution in [0.4, 0.5) is 0 Å². The summed E-state index contributed by atoms with van der Waals surface area (Å²) in [6.45, 7) is 4.06. The molecule has 0 amide bonds. The zero-order chi connectivity index (χ0) is 18.7. The van der Waals surface area contributed by atoms with Gasteiger partial charge < -0.3 is 10.0 Å². The Bertz CT molecular complexity index is 970. The predicted octanol–water partition coefficient (Wildman–Crippen LogP) is 4.21. The largest absolute Gasteiger partial charge is 0.392 e. The number of benzene rings is 1. The third-order valence-corrected chi connectivity index (χ3v) is 8.08. The Morgan fingerprint density at radius 3 is 2.79 bits per heavy atom. The molecular weight excluding hydrogens is 366 g/mol. The lowest BCUT2D eigenvalue weighted by atomic mass is 9.76. The Morgan fingerprint density at radius 1 is 1.18 bits per heavy atom. The highest BCUT2D eigenvalue weighted by molar-refractivity contribution is 7.11. The fourth-order valence-corrected chi connectivity index (χ4v) is 6.33. The number of fused-ring (bicyclic) bond motifs is 4. The van der Waals surface area contributed by atoms with Gasteiger partial charge >= 0.3 is 0 Å². The summed E-state index contributed by atoms with van der Waals surface area (Å²) in [5, 5.41) is 16.5. The third kappa shape index (κ3) is 2.88. The van der Waals surface area contributed by atoms with E-state index in [1.165, 1.54) is 54.9 Å². The minimum absolute atomic E-state index is 0.0863. The maximum atomic E-state index is 9.37. The molecule has 1 aromatic carbocycles. The van der Waals surface area contributed by atoms with Crippen LogP contribution in [-0.2, 0) is 6.61 Å². The molecule has 1 aromatic heterocycles. The van der Waals surface area contributed by atoms with Crippen molar-refractivity contribution in [1.82, 2.24) is 4.90 Å². The normalized spacial score (nSPS) is 32.8. The summed E-state index contributed by atoms with van der Waals surface area (Å²) in [5.41, 5.74) is 4.48. The van der Waals surface area contributed by atoms with E-state index < -0.39 is 0 Å². The standard InChI is InChI=1S/C23H26N3OS/c27-13-15-2-1-3-17(8-15)19-10-23(28-14-19)20-11-22-21(26(22)24-20)9-18-12-25-6-4-16(18)5-7-25/h1-3,8,10-11,14,16,18,21-22,27H,4-7,9,12-13H2/q+1. The lowest BCUT2D eigenvalue weighted by Crippen LogP contribution is -2.47. The Kier molecular flexibility index (Phi) is 4.03. The van der Waals surface area contributed by atoms with Gasteiger partial charge in [0.05, 0.1) is 11.5 Å². The van der Waals surface area contributed by atoms with Crippen molar-refractivity contribution in [2.24, 2.45) is 17.0 Å². The molecule has 144 valence electrons. The topological polar surface area (TPSA) is 38.8 Å². The zero-order valence-corrected chi connectivity index (χ0v) is 16.8. The van der Waals surface area contributed by atoms with E-state index in [9.17, 15) is 5.11 Å². The molecule has 3 unspecified atom stereocenters. The SMILES string of the molecule is OCc1cccc(-c2csc(C3=CC4C(CC5CN6CCC5CC6)[N+]4=N3)c2)c1. The van der Waals surface area contributed by atoms with Crippen molar-refractivity contribution in [3.63, 3.8) is 0 Å². The second-order valence-corrected chi connectivity index (χ2v) is 9.69. The first kappa shape index (κ1) is 17.1. The van der Waals surface area contributed by atoms with Crippen molar-refractivity contribution in [1.29, 1.82) is 0 Å². The molecule has 2 aromatic rings. The average Bonchev–Trinajstić information content (AvgIpc) is 3.14. The molecular formula is C23H26N3OS+. The number of piperidine rings is 3. The van der Waals surface area contributed by atoms with Gasteiger partial charge in [0, 0.05) is 19.0 Å². The molecule has 4 saturated heterocycles. The molecule has 28 heavy (non-hydrogen) atoms. The van der Waals surface area contributed by atoms with Gasteiger partial charge in [-0.2, -0.15) is 0 Å². The molecule has 4 fully saturated rings. The molecule has 0 radical (unpaired) electrons. The van der Waals surface area contributed by atoms with Gasteiger partial charge in [0.2, 0.25) is 6.04 Å². The predicted molar refractivity (Wildman–Crippen MR) is 111 cm³/mol. The third-order valence-electron chi connectivity index (χ3n) is 7.13. The highest BCUT2D eigenvalue weighted by atomic mass is 32.1. The van der Waals surface area contributed by atoms with E-state index in [0.29, 0.717) is 12.1 Å². The molecule has 1 N–H and O–H groups in total. The van der Waals surface area contributed by atoms with Crippen LogP contribution in [0.25, 0.3) is 16.8 Å². The summed E-state index contributed by atoms with van der Waals surface area (Å²) in [4.78, 5) is 3.91. The quantitative estimate of drug-likeness (QED) is 0.612. The van der Waals surface area contributed by atoms with Crippen LogP contribution in [-0.4, -0.2) is 46.4 Å². The number of aliphatic hydroxyl groups excluding tert-OH is 1. The summed E-state index contributed by atoms with van der Waals surface area (Å²) < 4.78 is 2.33. The number of hydrogen-bond acceptors (Lipinski definition) is 4. The number of hydrogen-bond donors (Lipinski definition) is 1. The second kappa shape index (κ2) is 6.61. The number of thiophene rings is 1. The number of aliphatic hydroxyl groups is 1. The minimum Gasteiger partial charge on any atom is -0.392 e. The fraction of sp³-hybridized carbons (Fsp3) is 0.478. The molecule has 0 aliphatic carbocycles.